The summed E-state index contributed by atoms with van der Waals surface area (Å²) in [7, 11) is 0. The van der Waals surface area contributed by atoms with Crippen molar-refractivity contribution in [3.63, 3.8) is 0 Å². The van der Waals surface area contributed by atoms with Crippen LogP contribution in [0.5, 0.6) is 0 Å². The van der Waals surface area contributed by atoms with Crippen LogP contribution < -0.4 is 0 Å². The van der Waals surface area contributed by atoms with Crippen molar-refractivity contribution in [2.24, 2.45) is 0 Å². The molecule has 6 heteroatoms. The number of hydrogen-bond donors (Lipinski definition) is 0. The molecule has 1 atom stereocenters. The van der Waals surface area contributed by atoms with Crippen molar-refractivity contribution in [1.29, 1.82) is 0 Å². The van der Waals surface area contributed by atoms with Crippen LogP contribution in [0.3, 0.4) is 0 Å². The van der Waals surface area contributed by atoms with Gasteiger partial charge in [0.05, 0.1) is 0 Å². The van der Waals surface area contributed by atoms with Crippen molar-refractivity contribution >= 4 is 17.9 Å². The van der Waals surface area contributed by atoms with Crippen molar-refractivity contribution in [2.75, 3.05) is 13.2 Å². The van der Waals surface area contributed by atoms with Crippen LogP contribution in [0.1, 0.15) is 374 Å². The van der Waals surface area contributed by atoms with Crippen LogP contribution in [0.2, 0.25) is 0 Å². The number of hydrogen-bond acceptors (Lipinski definition) is 6. The standard InChI is InChI=1S/C70H130O6/c1-4-7-10-13-16-19-22-25-28-30-31-32-33-34-35-36-37-38-39-40-43-45-48-51-54-57-60-63-69(72)75-66-67(65-74-68(71)62-59-56-53-50-47-44-41-27-24-21-18-15-12-9-6-3)76-70(73)64-61-58-55-52-49-46-42-29-26-23-20-17-14-11-8-5-2/h22,25,27,30-31,41,67H,4-21,23-24,26,28-29,32-40,42-66H2,1-3H3/b25-22-,31-30-,41-27-. The second-order valence-electron chi connectivity index (χ2n) is 23.1. The molecule has 0 radical (unpaired) electrons. The highest BCUT2D eigenvalue weighted by Gasteiger charge is 2.19. The predicted octanol–water partition coefficient (Wildman–Crippen LogP) is 23.2. The summed E-state index contributed by atoms with van der Waals surface area (Å²) in [5, 5.41) is 0. The van der Waals surface area contributed by atoms with Gasteiger partial charge in [-0.15, -0.1) is 0 Å². The Kier molecular flexibility index (Phi) is 63.1. The summed E-state index contributed by atoms with van der Waals surface area (Å²) in [5.41, 5.74) is 0. The van der Waals surface area contributed by atoms with Crippen LogP contribution >= 0.6 is 0 Å². The van der Waals surface area contributed by atoms with E-state index in [2.05, 4.69) is 57.2 Å². The quantitative estimate of drug-likeness (QED) is 0.0261. The number of carbonyl (C=O) groups excluding carboxylic acids is 3. The summed E-state index contributed by atoms with van der Waals surface area (Å²) in [4.78, 5) is 38.4. The normalized spacial score (nSPS) is 12.2. The zero-order valence-corrected chi connectivity index (χ0v) is 51.3. The van der Waals surface area contributed by atoms with Gasteiger partial charge in [0.2, 0.25) is 0 Å². The van der Waals surface area contributed by atoms with Crippen molar-refractivity contribution in [2.45, 2.75) is 380 Å². The molecule has 0 aromatic carbocycles. The molecule has 0 aliphatic rings. The monoisotopic (exact) mass is 1070 g/mol. The molecular formula is C70H130O6. The fourth-order valence-corrected chi connectivity index (χ4v) is 10.2. The molecule has 0 N–H and O–H groups in total. The zero-order chi connectivity index (χ0) is 55.0. The molecule has 446 valence electrons. The first-order valence-corrected chi connectivity index (χ1v) is 34.0. The van der Waals surface area contributed by atoms with E-state index >= 15 is 0 Å². The summed E-state index contributed by atoms with van der Waals surface area (Å²) >= 11 is 0. The minimum atomic E-state index is -0.773. The molecule has 0 saturated carbocycles. The van der Waals surface area contributed by atoms with Crippen molar-refractivity contribution < 1.29 is 28.6 Å². The molecule has 0 saturated heterocycles. The molecule has 0 aromatic heterocycles. The fraction of sp³-hybridized carbons (Fsp3) is 0.871. The van der Waals surface area contributed by atoms with E-state index in [0.717, 1.165) is 70.6 Å². The van der Waals surface area contributed by atoms with Crippen LogP contribution in [-0.2, 0) is 28.6 Å². The van der Waals surface area contributed by atoms with Crippen LogP contribution in [0, 0.1) is 0 Å². The Bertz CT molecular complexity index is 1270. The van der Waals surface area contributed by atoms with Crippen molar-refractivity contribution in [3.8, 4) is 0 Å². The molecular weight excluding hydrogens is 937 g/mol. The molecule has 0 aliphatic carbocycles. The van der Waals surface area contributed by atoms with E-state index in [4.69, 9.17) is 14.2 Å². The lowest BCUT2D eigenvalue weighted by Gasteiger charge is -2.18. The van der Waals surface area contributed by atoms with Gasteiger partial charge in [-0.3, -0.25) is 14.4 Å². The highest BCUT2D eigenvalue weighted by molar-refractivity contribution is 5.71. The third-order valence-corrected chi connectivity index (χ3v) is 15.4. The van der Waals surface area contributed by atoms with Crippen LogP contribution in [0.15, 0.2) is 36.5 Å². The molecule has 0 amide bonds. The van der Waals surface area contributed by atoms with E-state index in [0.29, 0.717) is 19.3 Å². The van der Waals surface area contributed by atoms with E-state index < -0.39 is 6.10 Å². The number of unbranched alkanes of at least 4 members (excludes halogenated alkanes) is 46. The summed E-state index contributed by atoms with van der Waals surface area (Å²) in [6, 6.07) is 0. The molecule has 1 unspecified atom stereocenters. The molecule has 0 aliphatic heterocycles. The molecule has 6 nitrogen and oxygen atoms in total. The Labute approximate surface area is 474 Å². The maximum Gasteiger partial charge on any atom is 0.306 e. The van der Waals surface area contributed by atoms with Gasteiger partial charge in [-0.05, 0) is 77.0 Å². The van der Waals surface area contributed by atoms with Crippen molar-refractivity contribution in [1.82, 2.24) is 0 Å². The second kappa shape index (κ2) is 65.2. The lowest BCUT2D eigenvalue weighted by molar-refractivity contribution is -0.167. The summed E-state index contributed by atoms with van der Waals surface area (Å²) in [6.07, 6.45) is 80.2. The second-order valence-corrected chi connectivity index (χ2v) is 23.1. The summed E-state index contributed by atoms with van der Waals surface area (Å²) in [5.74, 6) is -0.851. The van der Waals surface area contributed by atoms with E-state index in [-0.39, 0.29) is 31.1 Å². The first-order valence-electron chi connectivity index (χ1n) is 34.0. The van der Waals surface area contributed by atoms with Gasteiger partial charge in [0.1, 0.15) is 13.2 Å². The number of rotatable bonds is 63. The summed E-state index contributed by atoms with van der Waals surface area (Å²) < 4.78 is 17.0. The molecule has 0 aromatic rings. The Balaban J connectivity index is 4.23. The third kappa shape index (κ3) is 62.5. The maximum absolute atomic E-state index is 12.9. The number of carbonyl (C=O) groups is 3. The summed E-state index contributed by atoms with van der Waals surface area (Å²) in [6.45, 7) is 6.68. The highest BCUT2D eigenvalue weighted by Crippen LogP contribution is 2.18. The van der Waals surface area contributed by atoms with Crippen LogP contribution in [0.4, 0.5) is 0 Å². The molecule has 76 heavy (non-hydrogen) atoms. The average molecular weight is 1070 g/mol. The van der Waals surface area contributed by atoms with Gasteiger partial charge in [-0.2, -0.15) is 0 Å². The number of allylic oxidation sites excluding steroid dienone is 6. The van der Waals surface area contributed by atoms with E-state index in [9.17, 15) is 14.4 Å². The van der Waals surface area contributed by atoms with Gasteiger partial charge in [-0.25, -0.2) is 0 Å². The lowest BCUT2D eigenvalue weighted by Crippen LogP contribution is -2.30. The molecule has 0 heterocycles. The molecule has 0 rings (SSSR count). The number of ether oxygens (including phenoxy) is 3. The SMILES string of the molecule is CCCCCCC/C=C\C/C=C\CCCCCCCCCCCCCCCCCC(=O)OCC(COC(=O)CCCCCCC/C=C\CCCCCCCC)OC(=O)CCCCCCCCCCCCCCCCCC. The van der Waals surface area contributed by atoms with E-state index in [1.165, 1.54) is 263 Å². The minimum Gasteiger partial charge on any atom is -0.462 e. The third-order valence-electron chi connectivity index (χ3n) is 15.4. The van der Waals surface area contributed by atoms with Gasteiger partial charge < -0.3 is 14.2 Å². The smallest absolute Gasteiger partial charge is 0.306 e. The zero-order valence-electron chi connectivity index (χ0n) is 51.3. The predicted molar refractivity (Wildman–Crippen MR) is 330 cm³/mol. The van der Waals surface area contributed by atoms with Gasteiger partial charge in [0, 0.05) is 19.3 Å². The number of esters is 3. The van der Waals surface area contributed by atoms with Crippen molar-refractivity contribution in [3.05, 3.63) is 36.5 Å². The molecule has 0 fully saturated rings. The Morgan fingerprint density at radius 3 is 0.737 bits per heavy atom. The van der Waals surface area contributed by atoms with Gasteiger partial charge in [-0.1, -0.05) is 314 Å². The molecule has 0 spiro atoms. The first kappa shape index (κ1) is 73.6. The Morgan fingerprint density at radius 1 is 0.263 bits per heavy atom. The minimum absolute atomic E-state index is 0.0696. The topological polar surface area (TPSA) is 78.9 Å². The Morgan fingerprint density at radius 2 is 0.474 bits per heavy atom. The maximum atomic E-state index is 12.9. The largest absolute Gasteiger partial charge is 0.462 e. The van der Waals surface area contributed by atoms with Crippen LogP contribution in [-0.4, -0.2) is 37.2 Å². The van der Waals surface area contributed by atoms with Gasteiger partial charge in [0.15, 0.2) is 6.10 Å². The highest BCUT2D eigenvalue weighted by atomic mass is 16.6. The molecule has 0 bridgehead atoms. The van der Waals surface area contributed by atoms with Crippen LogP contribution in [0.25, 0.3) is 0 Å². The fourth-order valence-electron chi connectivity index (χ4n) is 10.2. The Hall–Kier alpha value is -2.37. The van der Waals surface area contributed by atoms with E-state index in [1.54, 1.807) is 0 Å². The van der Waals surface area contributed by atoms with Gasteiger partial charge >= 0.3 is 17.9 Å². The first-order chi connectivity index (χ1) is 37.5. The van der Waals surface area contributed by atoms with E-state index in [1.807, 2.05) is 0 Å². The average Bonchev–Trinajstić information content (AvgIpc) is 3.42. The van der Waals surface area contributed by atoms with Gasteiger partial charge in [0.25, 0.3) is 0 Å². The lowest BCUT2D eigenvalue weighted by atomic mass is 10.0.